The van der Waals surface area contributed by atoms with E-state index in [2.05, 4.69) is 17.1 Å². The molecule has 0 spiro atoms. The van der Waals surface area contributed by atoms with Crippen LogP contribution in [0.15, 0.2) is 0 Å². The van der Waals surface area contributed by atoms with Gasteiger partial charge in [0.25, 0.3) is 0 Å². The molecule has 0 unspecified atom stereocenters. The number of rotatable bonds is 1. The van der Waals surface area contributed by atoms with E-state index in [4.69, 9.17) is 5.84 Å². The third-order valence-corrected chi connectivity index (χ3v) is 0.585. The number of nitrogens with one attached hydrogen (secondary N) is 2. The van der Waals surface area contributed by atoms with Gasteiger partial charge in [0.05, 0.1) is 0 Å². The summed E-state index contributed by atoms with van der Waals surface area (Å²) in [5.74, 6) is 12.8. The fraction of sp³-hybridized carbons (Fsp3) is 0.667. The Hall–Kier alpha value is -0.890. The van der Waals surface area contributed by atoms with Crippen molar-refractivity contribution in [1.82, 2.24) is 15.9 Å². The van der Waals surface area contributed by atoms with Crippen LogP contribution in [0, 0.1) is 0 Å². The Morgan fingerprint density at radius 1 is 1.40 bits per heavy atom. The van der Waals surface area contributed by atoms with E-state index >= 15 is 0 Å². The zero-order chi connectivity index (χ0) is 8.57. The highest BCUT2D eigenvalue weighted by Crippen LogP contribution is 1.70. The predicted molar refractivity (Wildman–Crippen MR) is 37.9 cm³/mol. The van der Waals surface area contributed by atoms with E-state index in [-0.39, 0.29) is 6.03 Å². The summed E-state index contributed by atoms with van der Waals surface area (Å²) in [7, 11) is 3.24. The molecule has 0 aliphatic rings. The van der Waals surface area contributed by atoms with Crippen LogP contribution in [0.25, 0.3) is 0 Å². The van der Waals surface area contributed by atoms with Crippen molar-refractivity contribution in [3.8, 4) is 0 Å². The summed E-state index contributed by atoms with van der Waals surface area (Å²) in [6, 6.07) is -0.271. The molecule has 0 atom stereocenters. The molecule has 0 bridgehead atoms. The largest absolute Gasteiger partial charge is 0.332 e. The smallest absolute Gasteiger partial charge is 0.330 e. The maximum Gasteiger partial charge on any atom is 0.332 e. The SMILES string of the molecule is CN(C)C(=O)NNN.NN. The number of amides is 2. The highest BCUT2D eigenvalue weighted by Gasteiger charge is 1.97. The zero-order valence-corrected chi connectivity index (χ0v) is 6.09. The van der Waals surface area contributed by atoms with E-state index in [0.717, 1.165) is 0 Å². The third-order valence-electron chi connectivity index (χ3n) is 0.585. The Kier molecular flexibility index (Phi) is 9.61. The van der Waals surface area contributed by atoms with Crippen LogP contribution in [-0.4, -0.2) is 25.0 Å². The molecule has 0 saturated heterocycles. The molecule has 0 aliphatic heterocycles. The van der Waals surface area contributed by atoms with Gasteiger partial charge in [-0.2, -0.15) is 5.53 Å². The van der Waals surface area contributed by atoms with E-state index < -0.39 is 0 Å². The second-order valence-electron chi connectivity index (χ2n) is 1.47. The van der Waals surface area contributed by atoms with E-state index in [1.165, 1.54) is 4.90 Å². The van der Waals surface area contributed by atoms with Crippen LogP contribution >= 0.6 is 0 Å². The van der Waals surface area contributed by atoms with Gasteiger partial charge in [0, 0.05) is 14.1 Å². The summed E-state index contributed by atoms with van der Waals surface area (Å²) in [5.41, 5.74) is 4.17. The lowest BCUT2D eigenvalue weighted by atomic mass is 10.9. The van der Waals surface area contributed by atoms with Crippen LogP contribution in [0.1, 0.15) is 0 Å². The third kappa shape index (κ3) is 7.11. The molecule has 0 rings (SSSR count). The number of carbonyl (C=O) groups excluding carboxylic acids is 1. The van der Waals surface area contributed by atoms with Crippen molar-refractivity contribution >= 4 is 6.03 Å². The van der Waals surface area contributed by atoms with Gasteiger partial charge in [0.2, 0.25) is 0 Å². The molecule has 2 amide bonds. The molecule has 7 heteroatoms. The van der Waals surface area contributed by atoms with E-state index in [9.17, 15) is 4.79 Å². The molecular weight excluding hydrogens is 136 g/mol. The topological polar surface area (TPSA) is 122 Å². The summed E-state index contributed by atoms with van der Waals surface area (Å²) in [6.07, 6.45) is 0. The molecule has 0 aromatic heterocycles. The molecule has 0 aromatic rings. The summed E-state index contributed by atoms with van der Waals surface area (Å²) < 4.78 is 0. The highest BCUT2D eigenvalue weighted by atomic mass is 16.2. The number of hydrazine groups is 3. The van der Waals surface area contributed by atoms with Crippen LogP contribution in [0.5, 0.6) is 0 Å². The average molecular weight is 150 g/mol. The Morgan fingerprint density at radius 3 is 1.90 bits per heavy atom. The first-order valence-electron chi connectivity index (χ1n) is 2.44. The lowest BCUT2D eigenvalue weighted by Gasteiger charge is -2.09. The van der Waals surface area contributed by atoms with Gasteiger partial charge in [-0.3, -0.25) is 23.0 Å². The quantitative estimate of drug-likeness (QED) is 0.208. The molecule has 0 aliphatic carbocycles. The van der Waals surface area contributed by atoms with Crippen LogP contribution in [0.2, 0.25) is 0 Å². The van der Waals surface area contributed by atoms with Crippen molar-refractivity contribution < 1.29 is 4.79 Å². The average Bonchev–Trinajstić information content (AvgIpc) is 1.93. The predicted octanol–water partition coefficient (Wildman–Crippen LogP) is -2.55. The van der Waals surface area contributed by atoms with E-state index in [1.54, 1.807) is 14.1 Å². The van der Waals surface area contributed by atoms with Gasteiger partial charge in [-0.25, -0.2) is 4.79 Å². The Morgan fingerprint density at radius 2 is 1.80 bits per heavy atom. The number of carbonyl (C=O) groups is 1. The maximum atomic E-state index is 10.4. The monoisotopic (exact) mass is 150 g/mol. The van der Waals surface area contributed by atoms with E-state index in [0.29, 0.717) is 0 Å². The van der Waals surface area contributed by atoms with Crippen molar-refractivity contribution in [1.29, 1.82) is 0 Å². The Labute approximate surface area is 59.4 Å². The molecular formula is C3H14N6O. The molecule has 0 heterocycles. The molecule has 0 saturated carbocycles. The molecule has 0 fully saturated rings. The standard InChI is InChI=1S/C3H10N4O.H4N2/c1-7(2)3(8)5-6-4;1-2/h6H,4H2,1-2H3,(H,5,8);1-2H2. The van der Waals surface area contributed by atoms with Gasteiger partial charge in [0.15, 0.2) is 0 Å². The summed E-state index contributed by atoms with van der Waals surface area (Å²) in [4.78, 5) is 11.8. The Balaban J connectivity index is 0. The minimum atomic E-state index is -0.271. The number of nitrogens with two attached hydrogens (primary N) is 3. The van der Waals surface area contributed by atoms with Gasteiger partial charge >= 0.3 is 6.03 Å². The number of urea groups is 1. The number of hydrogen-bond donors (Lipinski definition) is 5. The molecule has 0 aromatic carbocycles. The van der Waals surface area contributed by atoms with Gasteiger partial charge in [0.1, 0.15) is 0 Å². The summed E-state index contributed by atoms with van der Waals surface area (Å²) in [5, 5.41) is 0. The Bertz CT molecular complexity index is 83.1. The first-order valence-corrected chi connectivity index (χ1v) is 2.44. The van der Waals surface area contributed by atoms with E-state index in [1.807, 2.05) is 5.53 Å². The lowest BCUT2D eigenvalue weighted by Crippen LogP contribution is -2.46. The second kappa shape index (κ2) is 8.11. The highest BCUT2D eigenvalue weighted by molar-refractivity contribution is 5.72. The number of hydrogen-bond acceptors (Lipinski definition) is 5. The summed E-state index contributed by atoms with van der Waals surface area (Å²) >= 11 is 0. The molecule has 8 N–H and O–H groups in total. The first kappa shape index (κ1) is 11.9. The van der Waals surface area contributed by atoms with Gasteiger partial charge in [-0.1, -0.05) is 0 Å². The van der Waals surface area contributed by atoms with Crippen LogP contribution in [-0.2, 0) is 0 Å². The fourth-order valence-corrected chi connectivity index (χ4v) is 0.174. The van der Waals surface area contributed by atoms with Crippen LogP contribution in [0.4, 0.5) is 4.79 Å². The van der Waals surface area contributed by atoms with Crippen molar-refractivity contribution in [2.45, 2.75) is 0 Å². The number of nitrogens with zero attached hydrogens (tertiary/aromatic N) is 1. The van der Waals surface area contributed by atoms with Gasteiger partial charge in [-0.05, 0) is 0 Å². The van der Waals surface area contributed by atoms with Crippen LogP contribution < -0.4 is 28.5 Å². The van der Waals surface area contributed by atoms with Gasteiger partial charge in [-0.15, -0.1) is 0 Å². The first-order chi connectivity index (χ1) is 4.68. The van der Waals surface area contributed by atoms with Crippen molar-refractivity contribution in [2.24, 2.45) is 17.5 Å². The van der Waals surface area contributed by atoms with Crippen molar-refractivity contribution in [3.05, 3.63) is 0 Å². The lowest BCUT2D eigenvalue weighted by molar-refractivity contribution is 0.212. The second-order valence-corrected chi connectivity index (χ2v) is 1.47. The molecule has 7 nitrogen and oxygen atoms in total. The minimum Gasteiger partial charge on any atom is -0.330 e. The molecule has 62 valence electrons. The molecule has 10 heavy (non-hydrogen) atoms. The zero-order valence-electron chi connectivity index (χ0n) is 6.09. The summed E-state index contributed by atoms with van der Waals surface area (Å²) in [6.45, 7) is 0. The van der Waals surface area contributed by atoms with Crippen LogP contribution in [0.3, 0.4) is 0 Å². The maximum absolute atomic E-state index is 10.4. The van der Waals surface area contributed by atoms with Crippen molar-refractivity contribution in [3.63, 3.8) is 0 Å². The molecule has 0 radical (unpaired) electrons. The fourth-order valence-electron chi connectivity index (χ4n) is 0.174. The minimum absolute atomic E-state index is 0.271. The van der Waals surface area contributed by atoms with Gasteiger partial charge < -0.3 is 4.90 Å². The van der Waals surface area contributed by atoms with Crippen molar-refractivity contribution in [2.75, 3.05) is 14.1 Å². The normalized spacial score (nSPS) is 7.30.